The van der Waals surface area contributed by atoms with Crippen LogP contribution in [-0.2, 0) is 4.79 Å². The molecule has 0 fully saturated rings. The molecule has 5 nitrogen and oxygen atoms in total. The summed E-state index contributed by atoms with van der Waals surface area (Å²) in [6, 6.07) is 5.61. The summed E-state index contributed by atoms with van der Waals surface area (Å²) in [5.41, 5.74) is 1.61. The van der Waals surface area contributed by atoms with Gasteiger partial charge in [-0.25, -0.2) is 0 Å². The van der Waals surface area contributed by atoms with Crippen molar-refractivity contribution in [2.75, 3.05) is 32.6 Å². The third-order valence-electron chi connectivity index (χ3n) is 3.33. The van der Waals surface area contributed by atoms with E-state index in [9.17, 15) is 9.90 Å². The molecule has 20 heavy (non-hydrogen) atoms. The molecule has 2 unspecified atom stereocenters. The van der Waals surface area contributed by atoms with Crippen molar-refractivity contribution in [2.24, 2.45) is 5.92 Å². The van der Waals surface area contributed by atoms with Crippen LogP contribution < -0.4 is 15.0 Å². The number of ether oxygens (including phenoxy) is 1. The lowest BCUT2D eigenvalue weighted by atomic mass is 10.0. The first-order valence-corrected chi connectivity index (χ1v) is 6.70. The number of hydrogen-bond acceptors (Lipinski definition) is 4. The lowest BCUT2D eigenvalue weighted by Crippen LogP contribution is -2.34. The van der Waals surface area contributed by atoms with Crippen LogP contribution in [0.4, 0.5) is 5.69 Å². The molecule has 0 spiro atoms. The lowest BCUT2D eigenvalue weighted by Gasteiger charge is -2.27. The van der Waals surface area contributed by atoms with E-state index < -0.39 is 6.10 Å². The summed E-state index contributed by atoms with van der Waals surface area (Å²) >= 11 is 0. The fraction of sp³-hybridized carbons (Fsp3) is 0.533. The van der Waals surface area contributed by atoms with Gasteiger partial charge < -0.3 is 20.1 Å². The number of rotatable bonds is 6. The molecule has 0 aliphatic heterocycles. The van der Waals surface area contributed by atoms with E-state index >= 15 is 0 Å². The van der Waals surface area contributed by atoms with Gasteiger partial charge in [0.1, 0.15) is 5.75 Å². The lowest BCUT2D eigenvalue weighted by molar-refractivity contribution is -0.123. The largest absolute Gasteiger partial charge is 0.496 e. The van der Waals surface area contributed by atoms with Gasteiger partial charge in [-0.3, -0.25) is 4.79 Å². The minimum Gasteiger partial charge on any atom is -0.496 e. The summed E-state index contributed by atoms with van der Waals surface area (Å²) < 4.78 is 5.31. The van der Waals surface area contributed by atoms with E-state index in [0.717, 1.165) is 11.3 Å². The molecule has 1 amide bonds. The average Bonchev–Trinajstić information content (AvgIpc) is 2.44. The number of nitrogens with zero attached hydrogens (tertiary/aromatic N) is 1. The van der Waals surface area contributed by atoms with Crippen LogP contribution in [0.25, 0.3) is 0 Å². The fourth-order valence-electron chi connectivity index (χ4n) is 2.30. The zero-order chi connectivity index (χ0) is 15.3. The van der Waals surface area contributed by atoms with Crippen molar-refractivity contribution in [2.45, 2.75) is 20.0 Å². The van der Waals surface area contributed by atoms with E-state index in [-0.39, 0.29) is 11.8 Å². The number of aliphatic hydroxyl groups is 1. The fourth-order valence-corrected chi connectivity index (χ4v) is 2.30. The zero-order valence-corrected chi connectivity index (χ0v) is 12.8. The van der Waals surface area contributed by atoms with E-state index in [1.807, 2.05) is 37.1 Å². The van der Waals surface area contributed by atoms with Gasteiger partial charge in [0, 0.05) is 31.9 Å². The van der Waals surface area contributed by atoms with Gasteiger partial charge in [-0.1, -0.05) is 13.0 Å². The molecular weight excluding hydrogens is 256 g/mol. The minimum atomic E-state index is -0.640. The zero-order valence-electron chi connectivity index (χ0n) is 12.8. The van der Waals surface area contributed by atoms with Crippen LogP contribution in [0, 0.1) is 5.92 Å². The number of amides is 1. The highest BCUT2D eigenvalue weighted by Gasteiger charge is 2.20. The molecule has 112 valence electrons. The summed E-state index contributed by atoms with van der Waals surface area (Å²) in [5, 5.41) is 12.6. The molecule has 1 rings (SSSR count). The minimum absolute atomic E-state index is 0.00153. The SMILES string of the molecule is CNC(=O)C(C)CN(C)c1cccc(OC)c1C(C)O. The summed E-state index contributed by atoms with van der Waals surface area (Å²) in [5.74, 6) is 0.508. The first-order valence-electron chi connectivity index (χ1n) is 6.70. The molecule has 0 bridgehead atoms. The Labute approximate surface area is 120 Å². The molecule has 0 saturated carbocycles. The van der Waals surface area contributed by atoms with Crippen molar-refractivity contribution in [3.05, 3.63) is 23.8 Å². The maximum atomic E-state index is 11.6. The molecule has 0 radical (unpaired) electrons. The van der Waals surface area contributed by atoms with Gasteiger partial charge in [0.2, 0.25) is 5.91 Å². The second-order valence-corrected chi connectivity index (χ2v) is 4.96. The predicted octanol–water partition coefficient (Wildman–Crippen LogP) is 1.57. The number of anilines is 1. The standard InChI is InChI=1S/C15H24N2O3/c1-10(15(19)16-3)9-17(4)12-7-6-8-13(20-5)14(12)11(2)18/h6-8,10-11,18H,9H2,1-5H3,(H,16,19). The van der Waals surface area contributed by atoms with Crippen molar-refractivity contribution < 1.29 is 14.6 Å². The van der Waals surface area contributed by atoms with Gasteiger partial charge in [0.15, 0.2) is 0 Å². The van der Waals surface area contributed by atoms with Crippen molar-refractivity contribution >= 4 is 11.6 Å². The van der Waals surface area contributed by atoms with Crippen molar-refractivity contribution in [3.63, 3.8) is 0 Å². The second-order valence-electron chi connectivity index (χ2n) is 4.96. The highest BCUT2D eigenvalue weighted by molar-refractivity contribution is 5.78. The molecule has 2 atom stereocenters. The average molecular weight is 280 g/mol. The molecule has 0 saturated heterocycles. The summed E-state index contributed by atoms with van der Waals surface area (Å²) in [7, 11) is 5.11. The summed E-state index contributed by atoms with van der Waals surface area (Å²) in [6.07, 6.45) is -0.640. The van der Waals surface area contributed by atoms with E-state index in [1.165, 1.54) is 0 Å². The monoisotopic (exact) mass is 280 g/mol. The first kappa shape index (κ1) is 16.3. The number of benzene rings is 1. The number of hydrogen-bond donors (Lipinski definition) is 2. The van der Waals surface area contributed by atoms with Crippen LogP contribution in [0.1, 0.15) is 25.5 Å². The third-order valence-corrected chi connectivity index (χ3v) is 3.33. The Morgan fingerprint density at radius 2 is 2.10 bits per heavy atom. The number of methoxy groups -OCH3 is 1. The van der Waals surface area contributed by atoms with E-state index in [0.29, 0.717) is 12.3 Å². The Morgan fingerprint density at radius 3 is 2.60 bits per heavy atom. The van der Waals surface area contributed by atoms with Crippen molar-refractivity contribution in [1.82, 2.24) is 5.32 Å². The topological polar surface area (TPSA) is 61.8 Å². The Hall–Kier alpha value is -1.75. The van der Waals surface area contributed by atoms with Crippen LogP contribution >= 0.6 is 0 Å². The van der Waals surface area contributed by atoms with Crippen LogP contribution in [0.2, 0.25) is 0 Å². The normalized spacial score (nSPS) is 13.5. The number of aliphatic hydroxyl groups excluding tert-OH is 1. The van der Waals surface area contributed by atoms with Gasteiger partial charge in [0.05, 0.1) is 19.1 Å². The summed E-state index contributed by atoms with van der Waals surface area (Å²) in [6.45, 7) is 4.14. The number of nitrogens with one attached hydrogen (secondary N) is 1. The Balaban J connectivity index is 3.03. The van der Waals surface area contributed by atoms with Crippen molar-refractivity contribution in [3.8, 4) is 5.75 Å². The molecule has 1 aromatic carbocycles. The third kappa shape index (κ3) is 3.63. The first-order chi connectivity index (χ1) is 9.42. The molecule has 5 heteroatoms. The maximum absolute atomic E-state index is 11.6. The molecule has 1 aromatic rings. The number of carbonyl (C=O) groups is 1. The van der Waals surface area contributed by atoms with Crippen LogP contribution in [-0.4, -0.2) is 38.8 Å². The van der Waals surface area contributed by atoms with E-state index in [2.05, 4.69) is 5.32 Å². The predicted molar refractivity (Wildman–Crippen MR) is 80.1 cm³/mol. The Morgan fingerprint density at radius 1 is 1.45 bits per heavy atom. The number of carbonyl (C=O) groups excluding carboxylic acids is 1. The van der Waals surface area contributed by atoms with Gasteiger partial charge in [-0.15, -0.1) is 0 Å². The molecule has 0 heterocycles. The van der Waals surface area contributed by atoms with Gasteiger partial charge >= 0.3 is 0 Å². The highest BCUT2D eigenvalue weighted by atomic mass is 16.5. The quantitative estimate of drug-likeness (QED) is 0.830. The Kier molecular flexibility index (Phi) is 5.82. The van der Waals surface area contributed by atoms with E-state index in [1.54, 1.807) is 21.1 Å². The molecule has 0 aromatic heterocycles. The molecule has 0 aliphatic carbocycles. The van der Waals surface area contributed by atoms with E-state index in [4.69, 9.17) is 4.74 Å². The van der Waals surface area contributed by atoms with Crippen LogP contribution in [0.5, 0.6) is 5.75 Å². The molecular formula is C15H24N2O3. The van der Waals surface area contributed by atoms with Gasteiger partial charge in [-0.05, 0) is 19.1 Å². The van der Waals surface area contributed by atoms with Gasteiger partial charge in [0.25, 0.3) is 0 Å². The van der Waals surface area contributed by atoms with Crippen LogP contribution in [0.3, 0.4) is 0 Å². The smallest absolute Gasteiger partial charge is 0.224 e. The van der Waals surface area contributed by atoms with Gasteiger partial charge in [-0.2, -0.15) is 0 Å². The molecule has 2 N–H and O–H groups in total. The molecule has 0 aliphatic rings. The highest BCUT2D eigenvalue weighted by Crippen LogP contribution is 2.34. The second kappa shape index (κ2) is 7.14. The summed E-state index contributed by atoms with van der Waals surface area (Å²) in [4.78, 5) is 13.6. The van der Waals surface area contributed by atoms with Crippen molar-refractivity contribution in [1.29, 1.82) is 0 Å². The maximum Gasteiger partial charge on any atom is 0.224 e. The van der Waals surface area contributed by atoms with Crippen LogP contribution in [0.15, 0.2) is 18.2 Å². The Bertz CT molecular complexity index is 460.